The lowest BCUT2D eigenvalue weighted by Crippen LogP contribution is -2.33. The van der Waals surface area contributed by atoms with Gasteiger partial charge in [0.1, 0.15) is 11.5 Å². The Labute approximate surface area is 181 Å². The first-order valence-corrected chi connectivity index (χ1v) is 10.7. The fourth-order valence-electron chi connectivity index (χ4n) is 3.80. The normalized spacial score (nSPS) is 12.1. The average molecular weight is 416 g/mol. The molecule has 5 heteroatoms. The standard InChI is InChI=1S/C26H26FN3O/c1-19(10-11-20-7-3-2-4-8-20)28-25(31)17-16-23-26(21-12-14-22(27)15-13-21)29-24-9-5-6-18-30(23)24/h2-9,12-15,18-19H,10-11,16-17H2,1H3,(H,28,31)/t19-/m0/s1. The molecule has 1 N–H and O–H groups in total. The van der Waals surface area contributed by atoms with Gasteiger partial charge in [-0.2, -0.15) is 0 Å². The van der Waals surface area contributed by atoms with Crippen molar-refractivity contribution in [3.63, 3.8) is 0 Å². The van der Waals surface area contributed by atoms with Gasteiger partial charge in [-0.1, -0.05) is 36.4 Å². The van der Waals surface area contributed by atoms with Crippen LogP contribution >= 0.6 is 0 Å². The predicted molar refractivity (Wildman–Crippen MR) is 121 cm³/mol. The molecule has 2 aromatic heterocycles. The minimum Gasteiger partial charge on any atom is -0.354 e. The number of pyridine rings is 1. The highest BCUT2D eigenvalue weighted by atomic mass is 19.1. The van der Waals surface area contributed by atoms with Crippen LogP contribution in [0.4, 0.5) is 4.39 Å². The quantitative estimate of drug-likeness (QED) is 0.429. The van der Waals surface area contributed by atoms with Crippen molar-refractivity contribution in [2.45, 2.75) is 38.6 Å². The number of nitrogens with zero attached hydrogens (tertiary/aromatic N) is 2. The smallest absolute Gasteiger partial charge is 0.220 e. The summed E-state index contributed by atoms with van der Waals surface area (Å²) in [5.74, 6) is -0.255. The van der Waals surface area contributed by atoms with Crippen molar-refractivity contribution >= 4 is 11.6 Å². The van der Waals surface area contributed by atoms with Gasteiger partial charge >= 0.3 is 0 Å². The fraction of sp³-hybridized carbons (Fsp3) is 0.231. The zero-order chi connectivity index (χ0) is 21.6. The Hall–Kier alpha value is -3.47. The second-order valence-corrected chi connectivity index (χ2v) is 7.84. The molecule has 1 amide bonds. The molecule has 31 heavy (non-hydrogen) atoms. The van der Waals surface area contributed by atoms with Gasteiger partial charge in [-0.15, -0.1) is 0 Å². The Morgan fingerprint density at radius 2 is 1.74 bits per heavy atom. The lowest BCUT2D eigenvalue weighted by atomic mass is 10.1. The van der Waals surface area contributed by atoms with Gasteiger partial charge in [0.05, 0.1) is 11.4 Å². The Morgan fingerprint density at radius 1 is 1.00 bits per heavy atom. The molecule has 4 aromatic rings. The molecule has 0 aliphatic carbocycles. The van der Waals surface area contributed by atoms with Crippen LogP contribution in [0.25, 0.3) is 16.9 Å². The van der Waals surface area contributed by atoms with Crippen LogP contribution in [0, 0.1) is 5.82 Å². The zero-order valence-electron chi connectivity index (χ0n) is 17.6. The van der Waals surface area contributed by atoms with Crippen LogP contribution in [0.15, 0.2) is 79.0 Å². The van der Waals surface area contributed by atoms with Crippen molar-refractivity contribution in [1.82, 2.24) is 14.7 Å². The molecule has 0 fully saturated rings. The van der Waals surface area contributed by atoms with Crippen LogP contribution in [-0.2, 0) is 17.6 Å². The van der Waals surface area contributed by atoms with Gasteiger partial charge in [-0.05, 0) is 68.1 Å². The highest BCUT2D eigenvalue weighted by Gasteiger charge is 2.16. The number of halogens is 1. The first-order valence-electron chi connectivity index (χ1n) is 10.7. The SMILES string of the molecule is C[C@@H](CCc1ccccc1)NC(=O)CCc1c(-c2ccc(F)cc2)nc2ccccn12. The van der Waals surface area contributed by atoms with Crippen molar-refractivity contribution in [2.24, 2.45) is 0 Å². The Kier molecular flexibility index (Phi) is 6.41. The van der Waals surface area contributed by atoms with E-state index in [1.807, 2.05) is 53.9 Å². The van der Waals surface area contributed by atoms with Crippen molar-refractivity contribution in [3.05, 3.63) is 96.1 Å². The molecule has 0 aliphatic heterocycles. The molecule has 0 spiro atoms. The summed E-state index contributed by atoms with van der Waals surface area (Å²) in [5.41, 5.74) is 4.67. The number of hydrogen-bond acceptors (Lipinski definition) is 2. The van der Waals surface area contributed by atoms with Gasteiger partial charge in [-0.3, -0.25) is 4.79 Å². The molecular formula is C26H26FN3O. The molecule has 0 bridgehead atoms. The summed E-state index contributed by atoms with van der Waals surface area (Å²) in [6.45, 7) is 2.04. The number of carbonyl (C=O) groups is 1. The van der Waals surface area contributed by atoms with E-state index in [-0.39, 0.29) is 17.8 Å². The largest absolute Gasteiger partial charge is 0.354 e. The van der Waals surface area contributed by atoms with E-state index in [1.54, 1.807) is 12.1 Å². The summed E-state index contributed by atoms with van der Waals surface area (Å²) >= 11 is 0. The summed E-state index contributed by atoms with van der Waals surface area (Å²) in [6, 6.07) is 22.5. The number of fused-ring (bicyclic) bond motifs is 1. The van der Waals surface area contributed by atoms with E-state index in [0.717, 1.165) is 35.4 Å². The lowest BCUT2D eigenvalue weighted by molar-refractivity contribution is -0.121. The molecule has 0 saturated carbocycles. The van der Waals surface area contributed by atoms with E-state index in [4.69, 9.17) is 4.98 Å². The van der Waals surface area contributed by atoms with Crippen LogP contribution in [0.2, 0.25) is 0 Å². The number of nitrogens with one attached hydrogen (secondary N) is 1. The van der Waals surface area contributed by atoms with Crippen LogP contribution in [0.1, 0.15) is 31.0 Å². The van der Waals surface area contributed by atoms with Gasteiger partial charge in [0.15, 0.2) is 0 Å². The molecule has 158 valence electrons. The number of aromatic nitrogens is 2. The van der Waals surface area contributed by atoms with E-state index in [9.17, 15) is 9.18 Å². The molecule has 0 unspecified atom stereocenters. The van der Waals surface area contributed by atoms with Gasteiger partial charge in [-0.25, -0.2) is 9.37 Å². The van der Waals surface area contributed by atoms with E-state index < -0.39 is 0 Å². The third-order valence-corrected chi connectivity index (χ3v) is 5.45. The molecule has 0 aliphatic rings. The van der Waals surface area contributed by atoms with Crippen molar-refractivity contribution < 1.29 is 9.18 Å². The minimum absolute atomic E-state index is 0.0245. The molecule has 0 saturated heterocycles. The third kappa shape index (κ3) is 5.18. The van der Waals surface area contributed by atoms with Crippen molar-refractivity contribution in [2.75, 3.05) is 0 Å². The summed E-state index contributed by atoms with van der Waals surface area (Å²) in [5, 5.41) is 3.11. The van der Waals surface area contributed by atoms with Crippen LogP contribution in [-0.4, -0.2) is 21.3 Å². The second kappa shape index (κ2) is 9.56. The Morgan fingerprint density at radius 3 is 2.52 bits per heavy atom. The number of hydrogen-bond donors (Lipinski definition) is 1. The number of aryl methyl sites for hydroxylation is 2. The number of amides is 1. The summed E-state index contributed by atoms with van der Waals surface area (Å²) < 4.78 is 15.4. The Balaban J connectivity index is 1.42. The number of benzene rings is 2. The average Bonchev–Trinajstić information content (AvgIpc) is 3.16. The minimum atomic E-state index is -0.280. The van der Waals surface area contributed by atoms with Crippen LogP contribution < -0.4 is 5.32 Å². The number of rotatable bonds is 8. The Bertz CT molecular complexity index is 1150. The van der Waals surface area contributed by atoms with Gasteiger partial charge in [0, 0.05) is 24.2 Å². The van der Waals surface area contributed by atoms with Crippen LogP contribution in [0.5, 0.6) is 0 Å². The van der Waals surface area contributed by atoms with Gasteiger partial charge < -0.3 is 9.72 Å². The van der Waals surface area contributed by atoms with Crippen molar-refractivity contribution in [3.8, 4) is 11.3 Å². The first-order chi connectivity index (χ1) is 15.1. The molecule has 4 rings (SSSR count). The van der Waals surface area contributed by atoms with E-state index in [1.165, 1.54) is 17.7 Å². The monoisotopic (exact) mass is 415 g/mol. The highest BCUT2D eigenvalue weighted by Crippen LogP contribution is 2.26. The second-order valence-electron chi connectivity index (χ2n) is 7.84. The summed E-state index contributed by atoms with van der Waals surface area (Å²) in [6.07, 6.45) is 4.70. The molecule has 2 aromatic carbocycles. The fourth-order valence-corrected chi connectivity index (χ4v) is 3.80. The lowest BCUT2D eigenvalue weighted by Gasteiger charge is -2.14. The van der Waals surface area contributed by atoms with Crippen molar-refractivity contribution in [1.29, 1.82) is 0 Å². The highest BCUT2D eigenvalue weighted by molar-refractivity contribution is 5.77. The molecular weight excluding hydrogens is 389 g/mol. The summed E-state index contributed by atoms with van der Waals surface area (Å²) in [7, 11) is 0. The van der Waals surface area contributed by atoms with E-state index in [0.29, 0.717) is 12.8 Å². The summed E-state index contributed by atoms with van der Waals surface area (Å²) in [4.78, 5) is 17.3. The van der Waals surface area contributed by atoms with Crippen LogP contribution in [0.3, 0.4) is 0 Å². The number of imidazole rings is 1. The van der Waals surface area contributed by atoms with Gasteiger partial charge in [0.25, 0.3) is 0 Å². The predicted octanol–water partition coefficient (Wildman–Crippen LogP) is 5.21. The first kappa shape index (κ1) is 20.8. The maximum atomic E-state index is 13.4. The van der Waals surface area contributed by atoms with Gasteiger partial charge in [0.2, 0.25) is 5.91 Å². The molecule has 2 heterocycles. The van der Waals surface area contributed by atoms with E-state index >= 15 is 0 Å². The maximum Gasteiger partial charge on any atom is 0.220 e. The molecule has 4 nitrogen and oxygen atoms in total. The number of carbonyl (C=O) groups excluding carboxylic acids is 1. The zero-order valence-corrected chi connectivity index (χ0v) is 17.6. The maximum absolute atomic E-state index is 13.4. The topological polar surface area (TPSA) is 46.4 Å². The molecule has 1 atom stereocenters. The molecule has 0 radical (unpaired) electrons. The third-order valence-electron chi connectivity index (χ3n) is 5.45. The van der Waals surface area contributed by atoms with E-state index in [2.05, 4.69) is 17.4 Å².